The maximum atomic E-state index is 11.5. The Morgan fingerprint density at radius 2 is 1.88 bits per heavy atom. The summed E-state index contributed by atoms with van der Waals surface area (Å²) in [5.41, 5.74) is 10.2. The molecule has 0 saturated heterocycles. The Morgan fingerprint density at radius 3 is 2.29 bits per heavy atom. The first-order valence-electron chi connectivity index (χ1n) is 6.10. The lowest BCUT2D eigenvalue weighted by molar-refractivity contribution is 0.0989. The number of hydrogen-bond acceptors (Lipinski definition) is 1. The molecule has 0 saturated carbocycles. The highest BCUT2D eigenvalue weighted by atomic mass is 16.1. The van der Waals surface area contributed by atoms with Crippen LogP contribution in [0.1, 0.15) is 62.0 Å². The first kappa shape index (κ1) is 13.8. The van der Waals surface area contributed by atoms with Crippen molar-refractivity contribution in [3.63, 3.8) is 0 Å². The van der Waals surface area contributed by atoms with Gasteiger partial charge >= 0.3 is 0 Å². The summed E-state index contributed by atoms with van der Waals surface area (Å²) in [5.74, 6) is -0.284. The predicted octanol–water partition coefficient (Wildman–Crippen LogP) is 3.82. The van der Waals surface area contributed by atoms with E-state index in [0.29, 0.717) is 5.56 Å². The van der Waals surface area contributed by atoms with Gasteiger partial charge in [-0.3, -0.25) is 10.5 Å². The second-order valence-corrected chi connectivity index (χ2v) is 6.10. The molecule has 0 spiro atoms. The van der Waals surface area contributed by atoms with E-state index in [-0.39, 0.29) is 11.3 Å². The van der Waals surface area contributed by atoms with Gasteiger partial charge in [-0.15, -0.1) is 0 Å². The molecule has 2 nitrogen and oxygen atoms in total. The molecule has 0 aliphatic heterocycles. The number of benzene rings is 1. The van der Waals surface area contributed by atoms with Gasteiger partial charge in [-0.2, -0.15) is 0 Å². The van der Waals surface area contributed by atoms with Gasteiger partial charge in [-0.25, -0.2) is 0 Å². The Hall–Kier alpha value is -1.31. The molecule has 1 rings (SSSR count). The maximum Gasteiger partial charge on any atom is 0.270 e. The summed E-state index contributed by atoms with van der Waals surface area (Å²) in [4.78, 5) is 11.5. The standard InChI is InChI=1S/C15H22NO/c1-10(2)12-8-6-7-11(9-15(3,4)5)13(12)14(16)17/h6-8,10,16H,9H2,1-5H3. The normalized spacial score (nSPS) is 11.9. The third kappa shape index (κ3) is 3.58. The molecule has 1 radical (unpaired) electrons. The fraction of sp³-hybridized carbons (Fsp3) is 0.533. The Morgan fingerprint density at radius 1 is 1.29 bits per heavy atom. The van der Waals surface area contributed by atoms with Crippen molar-refractivity contribution < 1.29 is 4.79 Å². The van der Waals surface area contributed by atoms with Crippen molar-refractivity contribution in [2.24, 2.45) is 5.41 Å². The molecule has 0 aliphatic rings. The third-order valence-corrected chi connectivity index (χ3v) is 2.75. The van der Waals surface area contributed by atoms with Crippen LogP contribution in [0, 0.1) is 5.41 Å². The summed E-state index contributed by atoms with van der Waals surface area (Å²) < 4.78 is 0. The van der Waals surface area contributed by atoms with Crippen molar-refractivity contribution in [1.82, 2.24) is 5.73 Å². The summed E-state index contributed by atoms with van der Waals surface area (Å²) in [6, 6.07) is 5.92. The van der Waals surface area contributed by atoms with Gasteiger partial charge in [-0.1, -0.05) is 52.8 Å². The summed E-state index contributed by atoms with van der Waals surface area (Å²) in [7, 11) is 0. The molecular weight excluding hydrogens is 210 g/mol. The first-order chi connectivity index (χ1) is 7.72. The van der Waals surface area contributed by atoms with E-state index in [4.69, 9.17) is 5.73 Å². The van der Waals surface area contributed by atoms with Gasteiger partial charge in [0.2, 0.25) is 0 Å². The minimum Gasteiger partial charge on any atom is -0.267 e. The number of carbonyl (C=O) groups is 1. The lowest BCUT2D eigenvalue weighted by atomic mass is 9.83. The van der Waals surface area contributed by atoms with Crippen LogP contribution in [0.5, 0.6) is 0 Å². The molecule has 1 aromatic carbocycles. The summed E-state index contributed by atoms with van der Waals surface area (Å²) in [6.45, 7) is 10.6. The van der Waals surface area contributed by atoms with Crippen LogP contribution in [-0.2, 0) is 6.42 Å². The van der Waals surface area contributed by atoms with Crippen molar-refractivity contribution >= 4 is 5.91 Å². The molecule has 0 atom stereocenters. The third-order valence-electron chi connectivity index (χ3n) is 2.75. The SMILES string of the molecule is CC(C)c1cccc(CC(C)(C)C)c1C([NH])=O. The summed E-state index contributed by atoms with van der Waals surface area (Å²) in [5, 5.41) is 0. The van der Waals surface area contributed by atoms with Crippen LogP contribution >= 0.6 is 0 Å². The minimum atomic E-state index is -0.562. The Labute approximate surface area is 104 Å². The predicted molar refractivity (Wildman–Crippen MR) is 71.1 cm³/mol. The van der Waals surface area contributed by atoms with Crippen molar-refractivity contribution in [3.05, 3.63) is 34.9 Å². The Bertz CT molecular complexity index is 413. The van der Waals surface area contributed by atoms with Gasteiger partial charge < -0.3 is 0 Å². The molecular formula is C15H22NO. The quantitative estimate of drug-likeness (QED) is 0.781. The van der Waals surface area contributed by atoms with E-state index in [1.165, 1.54) is 0 Å². The summed E-state index contributed by atoms with van der Waals surface area (Å²) >= 11 is 0. The topological polar surface area (TPSA) is 40.9 Å². The molecule has 0 heterocycles. The van der Waals surface area contributed by atoms with E-state index in [1.54, 1.807) is 0 Å². The largest absolute Gasteiger partial charge is 0.270 e. The number of amides is 1. The molecule has 1 amide bonds. The molecule has 0 aromatic heterocycles. The zero-order valence-electron chi connectivity index (χ0n) is 11.4. The molecule has 1 aromatic rings. The van der Waals surface area contributed by atoms with Gasteiger partial charge in [0, 0.05) is 5.56 Å². The first-order valence-corrected chi connectivity index (χ1v) is 6.10. The molecule has 2 heteroatoms. The molecule has 1 N–H and O–H groups in total. The fourth-order valence-electron chi connectivity index (χ4n) is 2.10. The second kappa shape index (κ2) is 4.91. The monoisotopic (exact) mass is 232 g/mol. The smallest absolute Gasteiger partial charge is 0.267 e. The summed E-state index contributed by atoms with van der Waals surface area (Å²) in [6.07, 6.45) is 0.827. The van der Waals surface area contributed by atoms with Gasteiger partial charge in [-0.05, 0) is 28.9 Å². The molecule has 0 unspecified atom stereocenters. The van der Waals surface area contributed by atoms with E-state index in [9.17, 15) is 4.79 Å². The van der Waals surface area contributed by atoms with E-state index in [0.717, 1.165) is 17.5 Å². The minimum absolute atomic E-state index is 0.125. The zero-order chi connectivity index (χ0) is 13.2. The Kier molecular flexibility index (Phi) is 3.97. The highest BCUT2D eigenvalue weighted by Crippen LogP contribution is 2.28. The van der Waals surface area contributed by atoms with Crippen LogP contribution in [0.25, 0.3) is 0 Å². The van der Waals surface area contributed by atoms with E-state index in [2.05, 4.69) is 34.6 Å². The Balaban J connectivity index is 3.30. The number of rotatable bonds is 3. The highest BCUT2D eigenvalue weighted by Gasteiger charge is 2.20. The molecule has 17 heavy (non-hydrogen) atoms. The molecule has 0 bridgehead atoms. The van der Waals surface area contributed by atoms with Crippen LogP contribution in [0.15, 0.2) is 18.2 Å². The van der Waals surface area contributed by atoms with Crippen molar-refractivity contribution in [1.29, 1.82) is 0 Å². The van der Waals surface area contributed by atoms with E-state index < -0.39 is 5.91 Å². The molecule has 0 fully saturated rings. The average molecular weight is 232 g/mol. The number of carbonyl (C=O) groups excluding carboxylic acids is 1. The number of nitrogens with one attached hydrogen (secondary N) is 1. The molecule has 0 aliphatic carbocycles. The van der Waals surface area contributed by atoms with E-state index >= 15 is 0 Å². The fourth-order valence-corrected chi connectivity index (χ4v) is 2.10. The average Bonchev–Trinajstić information content (AvgIpc) is 2.14. The van der Waals surface area contributed by atoms with Crippen LogP contribution in [0.4, 0.5) is 0 Å². The van der Waals surface area contributed by atoms with Crippen LogP contribution in [-0.4, -0.2) is 5.91 Å². The van der Waals surface area contributed by atoms with E-state index in [1.807, 2.05) is 18.2 Å². The highest BCUT2D eigenvalue weighted by molar-refractivity contribution is 5.95. The van der Waals surface area contributed by atoms with Crippen molar-refractivity contribution in [2.45, 2.75) is 47.0 Å². The van der Waals surface area contributed by atoms with Crippen molar-refractivity contribution in [2.75, 3.05) is 0 Å². The zero-order valence-corrected chi connectivity index (χ0v) is 11.4. The van der Waals surface area contributed by atoms with Gasteiger partial charge in [0.05, 0.1) is 0 Å². The number of hydrogen-bond donors (Lipinski definition) is 0. The van der Waals surface area contributed by atoms with Gasteiger partial charge in [0.1, 0.15) is 0 Å². The van der Waals surface area contributed by atoms with Gasteiger partial charge in [0.15, 0.2) is 0 Å². The second-order valence-electron chi connectivity index (χ2n) is 6.10. The van der Waals surface area contributed by atoms with Crippen molar-refractivity contribution in [3.8, 4) is 0 Å². The van der Waals surface area contributed by atoms with Crippen LogP contribution in [0.3, 0.4) is 0 Å². The lowest BCUT2D eigenvalue weighted by Crippen LogP contribution is -2.16. The molecule has 93 valence electrons. The van der Waals surface area contributed by atoms with Crippen LogP contribution in [0.2, 0.25) is 0 Å². The lowest BCUT2D eigenvalue weighted by Gasteiger charge is -2.21. The van der Waals surface area contributed by atoms with Crippen LogP contribution < -0.4 is 5.73 Å². The van der Waals surface area contributed by atoms with Gasteiger partial charge in [0.25, 0.3) is 5.91 Å². The maximum absolute atomic E-state index is 11.5.